The second-order valence-electron chi connectivity index (χ2n) is 1.19. The third kappa shape index (κ3) is 1.52. The molecule has 1 aromatic heterocycles. The summed E-state index contributed by atoms with van der Waals surface area (Å²) in [4.78, 5) is 12.4. The Kier molecular flexibility index (Phi) is 3.24. The minimum absolute atomic E-state index is 0. The maximum atomic E-state index is 9.71. The van der Waals surface area contributed by atoms with Crippen molar-refractivity contribution >= 4 is 6.29 Å². The Hall–Kier alpha value is -0.531. The van der Waals surface area contributed by atoms with E-state index in [1.807, 2.05) is 0 Å². The Morgan fingerprint density at radius 1 is 1.62 bits per heavy atom. The summed E-state index contributed by atoms with van der Waals surface area (Å²) in [7, 11) is 0. The Labute approximate surface area is 57.8 Å². The minimum atomic E-state index is 0. The fourth-order valence-electron chi connectivity index (χ4n) is 0.394. The molecule has 43 valence electrons. The van der Waals surface area contributed by atoms with Gasteiger partial charge in [-0.3, -0.25) is 0 Å². The average molecular weight is 149 g/mol. The van der Waals surface area contributed by atoms with Gasteiger partial charge in [-0.25, -0.2) is 0 Å². The van der Waals surface area contributed by atoms with Crippen LogP contribution >= 0.6 is 0 Å². The monoisotopic (exact) mass is 149 g/mol. The largest absolute Gasteiger partial charge is 0.417 e. The fourth-order valence-corrected chi connectivity index (χ4v) is 0.394. The quantitative estimate of drug-likeness (QED) is 0.456. The summed E-state index contributed by atoms with van der Waals surface area (Å²) in [6, 6.07) is 3.41. The van der Waals surface area contributed by atoms with Crippen molar-refractivity contribution in [1.82, 2.24) is 4.98 Å². The SMILES string of the molecule is O=[C-]c1ccc[nH]1.[Mn]. The summed E-state index contributed by atoms with van der Waals surface area (Å²) in [6.45, 7) is 0. The van der Waals surface area contributed by atoms with Gasteiger partial charge >= 0.3 is 0 Å². The second-order valence-corrected chi connectivity index (χ2v) is 1.19. The molecule has 0 aliphatic heterocycles. The first-order chi connectivity index (χ1) is 3.43. The van der Waals surface area contributed by atoms with Gasteiger partial charge in [-0.05, 0) is 6.20 Å². The average Bonchev–Trinajstić information content (AvgIpc) is 2.14. The zero-order valence-electron chi connectivity index (χ0n) is 4.02. The van der Waals surface area contributed by atoms with Crippen molar-refractivity contribution in [2.24, 2.45) is 0 Å². The molecule has 1 rings (SSSR count). The number of hydrogen-bond donors (Lipinski definition) is 1. The minimum Gasteiger partial charge on any atom is -0.417 e. The third-order valence-corrected chi connectivity index (χ3v) is 0.708. The van der Waals surface area contributed by atoms with E-state index in [1.54, 1.807) is 24.6 Å². The van der Waals surface area contributed by atoms with Crippen LogP contribution in [-0.4, -0.2) is 11.3 Å². The van der Waals surface area contributed by atoms with Crippen LogP contribution in [0.3, 0.4) is 0 Å². The first-order valence-corrected chi connectivity index (χ1v) is 1.95. The molecule has 1 aromatic rings. The summed E-state index contributed by atoms with van der Waals surface area (Å²) < 4.78 is 0. The van der Waals surface area contributed by atoms with Gasteiger partial charge in [0.25, 0.3) is 0 Å². The topological polar surface area (TPSA) is 32.9 Å². The molecule has 1 N–H and O–H groups in total. The Morgan fingerprint density at radius 3 is 2.62 bits per heavy atom. The fraction of sp³-hybridized carbons (Fsp3) is 0. The summed E-state index contributed by atoms with van der Waals surface area (Å²) in [5.41, 5.74) is 0.500. The molecule has 0 fully saturated rings. The molecule has 0 aliphatic rings. The van der Waals surface area contributed by atoms with Crippen LogP contribution in [0.5, 0.6) is 0 Å². The molecule has 8 heavy (non-hydrogen) atoms. The number of aromatic nitrogens is 1. The van der Waals surface area contributed by atoms with Gasteiger partial charge in [-0.1, -0.05) is 5.69 Å². The maximum Gasteiger partial charge on any atom is 0.0101 e. The van der Waals surface area contributed by atoms with E-state index in [4.69, 9.17) is 0 Å². The Bertz CT molecular complexity index is 147. The van der Waals surface area contributed by atoms with Gasteiger partial charge < -0.3 is 9.78 Å². The van der Waals surface area contributed by atoms with E-state index in [9.17, 15) is 4.79 Å². The van der Waals surface area contributed by atoms with Crippen molar-refractivity contribution in [1.29, 1.82) is 0 Å². The third-order valence-electron chi connectivity index (χ3n) is 0.708. The molecule has 1 radical (unpaired) electrons. The molecule has 0 amide bonds. The second kappa shape index (κ2) is 3.47. The van der Waals surface area contributed by atoms with Crippen molar-refractivity contribution in [2.45, 2.75) is 0 Å². The number of carbonyl (C=O) groups excluding carboxylic acids is 1. The first kappa shape index (κ1) is 7.47. The zero-order chi connectivity index (χ0) is 5.11. The van der Waals surface area contributed by atoms with Crippen molar-refractivity contribution in [3.63, 3.8) is 0 Å². The first-order valence-electron chi connectivity index (χ1n) is 1.95. The standard InChI is InChI=1S/C5H4NO.Mn/c7-4-5-2-1-3-6-5;/h1-3,6H;/q-1;. The van der Waals surface area contributed by atoms with Crippen LogP contribution in [0.25, 0.3) is 0 Å². The summed E-state index contributed by atoms with van der Waals surface area (Å²) in [5.74, 6) is 0. The summed E-state index contributed by atoms with van der Waals surface area (Å²) in [6.07, 6.45) is 3.38. The summed E-state index contributed by atoms with van der Waals surface area (Å²) in [5, 5.41) is 0. The molecule has 0 unspecified atom stereocenters. The molecular formula is C5H4MnNO-. The number of nitrogens with one attached hydrogen (secondary N) is 1. The van der Waals surface area contributed by atoms with Crippen LogP contribution in [-0.2, 0) is 21.9 Å². The number of H-pyrrole nitrogens is 1. The molecule has 0 saturated heterocycles. The predicted molar refractivity (Wildman–Crippen MR) is 25.6 cm³/mol. The van der Waals surface area contributed by atoms with E-state index in [1.165, 1.54) is 0 Å². The zero-order valence-corrected chi connectivity index (χ0v) is 5.20. The van der Waals surface area contributed by atoms with Gasteiger partial charge in [0, 0.05) is 23.4 Å². The van der Waals surface area contributed by atoms with Crippen LogP contribution in [0.4, 0.5) is 0 Å². The van der Waals surface area contributed by atoms with Crippen molar-refractivity contribution in [3.8, 4) is 0 Å². The van der Waals surface area contributed by atoms with Gasteiger partial charge in [-0.2, -0.15) is 6.07 Å². The van der Waals surface area contributed by atoms with Gasteiger partial charge in [-0.15, -0.1) is 6.07 Å². The normalized spacial score (nSPS) is 7.50. The number of rotatable bonds is 1. The van der Waals surface area contributed by atoms with E-state index in [2.05, 4.69) is 4.98 Å². The maximum absolute atomic E-state index is 9.71. The van der Waals surface area contributed by atoms with Crippen molar-refractivity contribution in [3.05, 3.63) is 24.0 Å². The smallest absolute Gasteiger partial charge is 0.0101 e. The van der Waals surface area contributed by atoms with Crippen LogP contribution in [0.15, 0.2) is 18.3 Å². The molecule has 0 aromatic carbocycles. The predicted octanol–water partition coefficient (Wildman–Crippen LogP) is 0.470. The van der Waals surface area contributed by atoms with Gasteiger partial charge in [0.05, 0.1) is 0 Å². The molecule has 3 heteroatoms. The van der Waals surface area contributed by atoms with E-state index in [-0.39, 0.29) is 17.1 Å². The molecule has 2 nitrogen and oxygen atoms in total. The molecule has 0 spiro atoms. The molecular weight excluding hydrogens is 145 g/mol. The molecule has 0 saturated carbocycles. The van der Waals surface area contributed by atoms with Crippen LogP contribution in [0.2, 0.25) is 0 Å². The molecule has 0 atom stereocenters. The van der Waals surface area contributed by atoms with Crippen LogP contribution in [0, 0.1) is 0 Å². The van der Waals surface area contributed by atoms with Gasteiger partial charge in [0.2, 0.25) is 0 Å². The molecule has 1 heterocycles. The van der Waals surface area contributed by atoms with E-state index in [0.717, 1.165) is 0 Å². The van der Waals surface area contributed by atoms with Crippen LogP contribution in [0.1, 0.15) is 5.69 Å². The van der Waals surface area contributed by atoms with Crippen LogP contribution < -0.4 is 0 Å². The van der Waals surface area contributed by atoms with Crippen molar-refractivity contribution in [2.75, 3.05) is 0 Å². The Morgan fingerprint density at radius 2 is 2.38 bits per heavy atom. The molecule has 0 bridgehead atoms. The summed E-state index contributed by atoms with van der Waals surface area (Å²) >= 11 is 0. The number of hydrogen-bond acceptors (Lipinski definition) is 1. The van der Waals surface area contributed by atoms with E-state index in [0.29, 0.717) is 5.69 Å². The van der Waals surface area contributed by atoms with Gasteiger partial charge in [0.15, 0.2) is 0 Å². The van der Waals surface area contributed by atoms with Crippen molar-refractivity contribution < 1.29 is 21.9 Å². The number of aromatic amines is 1. The van der Waals surface area contributed by atoms with E-state index < -0.39 is 0 Å². The molecule has 0 aliphatic carbocycles. The Balaban J connectivity index is 0.000000490. The van der Waals surface area contributed by atoms with Gasteiger partial charge in [0.1, 0.15) is 0 Å². The van der Waals surface area contributed by atoms with E-state index >= 15 is 0 Å².